The van der Waals surface area contributed by atoms with Crippen LogP contribution < -0.4 is 11.5 Å². The van der Waals surface area contributed by atoms with E-state index in [0.29, 0.717) is 25.9 Å². The summed E-state index contributed by atoms with van der Waals surface area (Å²) in [6, 6.07) is 0. The van der Waals surface area contributed by atoms with E-state index in [2.05, 4.69) is 27.7 Å². The van der Waals surface area contributed by atoms with E-state index in [9.17, 15) is 19.2 Å². The molecule has 292 valence electrons. The van der Waals surface area contributed by atoms with Gasteiger partial charge in [-0.05, 0) is 99.2 Å². The molecule has 0 amide bonds. The number of unbranched alkanes of at least 4 members (excludes halogenated alkanes) is 4. The van der Waals surface area contributed by atoms with Gasteiger partial charge in [0, 0.05) is 37.3 Å². The van der Waals surface area contributed by atoms with Crippen LogP contribution in [0.25, 0.3) is 0 Å². The fourth-order valence-corrected chi connectivity index (χ4v) is 11.1. The van der Waals surface area contributed by atoms with Crippen molar-refractivity contribution in [2.75, 3.05) is 19.7 Å². The molecule has 4 aliphatic rings. The second-order valence-corrected chi connectivity index (χ2v) is 16.9. The summed E-state index contributed by atoms with van der Waals surface area (Å²) in [5.41, 5.74) is 11.0. The number of rotatable bonds is 19. The van der Waals surface area contributed by atoms with Crippen LogP contribution in [0.2, 0.25) is 0 Å². The number of carbonyl (C=O) groups excluding carboxylic acids is 4. The largest absolute Gasteiger partial charge is 0.466 e. The molecule has 0 aromatic carbocycles. The Morgan fingerprint density at radius 1 is 0.725 bits per heavy atom. The molecule has 10 nitrogen and oxygen atoms in total. The summed E-state index contributed by atoms with van der Waals surface area (Å²) in [5, 5.41) is 0. The molecule has 4 N–H and O–H groups in total. The lowest BCUT2D eigenvalue weighted by Crippen LogP contribution is -2.63. The third-order valence-corrected chi connectivity index (χ3v) is 13.8. The number of ether oxygens (including phenoxy) is 4. The third-order valence-electron chi connectivity index (χ3n) is 13.8. The Bertz CT molecular complexity index is 1160. The van der Waals surface area contributed by atoms with Crippen molar-refractivity contribution < 1.29 is 38.1 Å². The predicted octanol–water partition coefficient (Wildman–Crippen LogP) is 7.03. The topological polar surface area (TPSA) is 157 Å². The molecule has 0 aromatic rings. The smallest absolute Gasteiger partial charge is 0.307 e. The number of hydrogen-bond acceptors (Lipinski definition) is 10. The first-order valence-corrected chi connectivity index (χ1v) is 20.6. The Labute approximate surface area is 307 Å². The van der Waals surface area contributed by atoms with Crippen LogP contribution in [0.5, 0.6) is 0 Å². The van der Waals surface area contributed by atoms with Crippen molar-refractivity contribution >= 4 is 23.9 Å². The minimum atomic E-state index is -0.346. The molecule has 4 saturated carbocycles. The summed E-state index contributed by atoms with van der Waals surface area (Å²) in [5.74, 6) is 0.328. The SMILES string of the molecule is CCCCCCCOC(=O)CC[C@@H](C)[C@H]1CC[C@H]2C3[C@H](OC(=O)CCC)CC4C[C@H](OC(=O)CCN)CC[C@]4(C)[C@H]3C[C@H](OC(=O)CCN)[C@]12C. The lowest BCUT2D eigenvalue weighted by atomic mass is 9.43. The van der Waals surface area contributed by atoms with E-state index in [1.807, 2.05) is 6.92 Å². The molecule has 4 rings (SSSR count). The molecule has 0 heterocycles. The first-order chi connectivity index (χ1) is 24.4. The number of fused-ring (bicyclic) bond motifs is 5. The Balaban J connectivity index is 1.58. The average molecular weight is 719 g/mol. The number of hydrogen-bond donors (Lipinski definition) is 2. The van der Waals surface area contributed by atoms with E-state index in [4.69, 9.17) is 30.4 Å². The van der Waals surface area contributed by atoms with Crippen LogP contribution in [0.15, 0.2) is 0 Å². The van der Waals surface area contributed by atoms with Crippen molar-refractivity contribution in [1.82, 2.24) is 0 Å². The molecule has 2 unspecified atom stereocenters. The van der Waals surface area contributed by atoms with Crippen LogP contribution in [0.1, 0.15) is 150 Å². The van der Waals surface area contributed by atoms with Gasteiger partial charge in [0.25, 0.3) is 0 Å². The zero-order chi connectivity index (χ0) is 37.2. The molecule has 0 bridgehead atoms. The molecule has 0 aromatic heterocycles. The van der Waals surface area contributed by atoms with Gasteiger partial charge in [0.15, 0.2) is 0 Å². The Kier molecular flexibility index (Phi) is 15.7. The third kappa shape index (κ3) is 9.87. The molecule has 11 atom stereocenters. The lowest BCUT2D eigenvalue weighted by Gasteiger charge is -2.64. The van der Waals surface area contributed by atoms with Crippen LogP contribution in [0.3, 0.4) is 0 Å². The van der Waals surface area contributed by atoms with Crippen LogP contribution in [-0.4, -0.2) is 61.9 Å². The normalized spacial score (nSPS) is 34.7. The van der Waals surface area contributed by atoms with Gasteiger partial charge >= 0.3 is 23.9 Å². The van der Waals surface area contributed by atoms with Gasteiger partial charge in [-0.1, -0.05) is 60.3 Å². The Morgan fingerprint density at radius 2 is 1.41 bits per heavy atom. The molecule has 0 spiro atoms. The molecule has 10 heteroatoms. The highest BCUT2D eigenvalue weighted by molar-refractivity contribution is 5.71. The first-order valence-electron chi connectivity index (χ1n) is 20.6. The van der Waals surface area contributed by atoms with Gasteiger partial charge in [0.1, 0.15) is 18.3 Å². The molecule has 4 fully saturated rings. The highest BCUT2D eigenvalue weighted by atomic mass is 16.6. The molecular formula is C41H70N2O8. The second-order valence-electron chi connectivity index (χ2n) is 16.9. The standard InChI is InChI=1S/C41H70N2O8/c1-6-8-9-10-11-23-48-35(44)16-13-27(3)30-14-15-31-39-32(26-34(41(30,31)5)51-38(47)19-22-43)40(4)20-17-29(49-37(46)18-21-42)24-28(40)25-33(39)50-36(45)12-7-2/h27-34,39H,6-26,42-43H2,1-5H3/t27-,28?,29-,30-,31+,32+,33-,34+,39?,40+,41-/m1/s1. The summed E-state index contributed by atoms with van der Waals surface area (Å²) in [4.78, 5) is 51.6. The van der Waals surface area contributed by atoms with Crippen molar-refractivity contribution in [3.05, 3.63) is 0 Å². The van der Waals surface area contributed by atoms with Gasteiger partial charge in [-0.2, -0.15) is 0 Å². The summed E-state index contributed by atoms with van der Waals surface area (Å²) in [6.45, 7) is 12.1. The van der Waals surface area contributed by atoms with E-state index < -0.39 is 0 Å². The fourth-order valence-electron chi connectivity index (χ4n) is 11.1. The fraction of sp³-hybridized carbons (Fsp3) is 0.902. The first kappa shape index (κ1) is 41.6. The zero-order valence-corrected chi connectivity index (χ0v) is 32.5. The van der Waals surface area contributed by atoms with Crippen molar-refractivity contribution in [2.45, 2.75) is 169 Å². The Hall–Kier alpha value is -2.20. The quantitative estimate of drug-likeness (QED) is 0.0807. The van der Waals surface area contributed by atoms with Crippen molar-refractivity contribution in [3.8, 4) is 0 Å². The number of carbonyl (C=O) groups is 4. The molecule has 51 heavy (non-hydrogen) atoms. The minimum Gasteiger partial charge on any atom is -0.466 e. The van der Waals surface area contributed by atoms with Crippen LogP contribution in [-0.2, 0) is 38.1 Å². The monoisotopic (exact) mass is 719 g/mol. The second kappa shape index (κ2) is 19.2. The van der Waals surface area contributed by atoms with Crippen molar-refractivity contribution in [3.63, 3.8) is 0 Å². The van der Waals surface area contributed by atoms with Crippen LogP contribution in [0.4, 0.5) is 0 Å². The van der Waals surface area contributed by atoms with E-state index in [-0.39, 0.29) is 114 Å². The van der Waals surface area contributed by atoms with E-state index >= 15 is 0 Å². The van der Waals surface area contributed by atoms with E-state index in [0.717, 1.165) is 64.2 Å². The maximum atomic E-state index is 13.2. The lowest BCUT2D eigenvalue weighted by molar-refractivity contribution is -0.225. The van der Waals surface area contributed by atoms with Gasteiger partial charge < -0.3 is 30.4 Å². The Morgan fingerprint density at radius 3 is 2.10 bits per heavy atom. The van der Waals surface area contributed by atoms with Crippen molar-refractivity contribution in [2.24, 2.45) is 57.8 Å². The van der Waals surface area contributed by atoms with E-state index in [1.54, 1.807) is 0 Å². The minimum absolute atomic E-state index is 0.0844. The van der Waals surface area contributed by atoms with Gasteiger partial charge in [0.2, 0.25) is 0 Å². The summed E-state index contributed by atoms with van der Waals surface area (Å²) < 4.78 is 24.4. The highest BCUT2D eigenvalue weighted by Crippen LogP contribution is 2.69. The average Bonchev–Trinajstić information content (AvgIpc) is 3.44. The van der Waals surface area contributed by atoms with E-state index in [1.165, 1.54) is 19.3 Å². The molecule has 0 aliphatic heterocycles. The van der Waals surface area contributed by atoms with Gasteiger partial charge in [-0.25, -0.2) is 0 Å². The maximum absolute atomic E-state index is 13.2. The zero-order valence-electron chi connectivity index (χ0n) is 32.5. The number of nitrogens with two attached hydrogens (primary N) is 2. The summed E-state index contributed by atoms with van der Waals surface area (Å²) in [7, 11) is 0. The number of esters is 4. The molecule has 4 aliphatic carbocycles. The van der Waals surface area contributed by atoms with Gasteiger partial charge in [0.05, 0.1) is 19.4 Å². The van der Waals surface area contributed by atoms with Crippen molar-refractivity contribution in [1.29, 1.82) is 0 Å². The van der Waals surface area contributed by atoms with Crippen LogP contribution >= 0.6 is 0 Å². The molecule has 0 radical (unpaired) electrons. The summed E-state index contributed by atoms with van der Waals surface area (Å²) >= 11 is 0. The predicted molar refractivity (Wildman–Crippen MR) is 196 cm³/mol. The summed E-state index contributed by atoms with van der Waals surface area (Å²) in [6.07, 6.45) is 13.2. The van der Waals surface area contributed by atoms with Gasteiger partial charge in [-0.3, -0.25) is 19.2 Å². The molecular weight excluding hydrogens is 648 g/mol. The highest BCUT2D eigenvalue weighted by Gasteiger charge is 2.67. The maximum Gasteiger partial charge on any atom is 0.307 e. The van der Waals surface area contributed by atoms with Gasteiger partial charge in [-0.15, -0.1) is 0 Å². The molecule has 0 saturated heterocycles. The van der Waals surface area contributed by atoms with Crippen LogP contribution in [0, 0.1) is 46.3 Å².